The molecule has 0 aromatic carbocycles. The molecule has 0 amide bonds. The number of likely N-dealkylation sites (tertiary alicyclic amines) is 1. The van der Waals surface area contributed by atoms with Crippen LogP contribution in [0.5, 0.6) is 17.4 Å². The lowest BCUT2D eigenvalue weighted by Gasteiger charge is -2.33. The van der Waals surface area contributed by atoms with Crippen LogP contribution in [0.2, 0.25) is 0 Å². The summed E-state index contributed by atoms with van der Waals surface area (Å²) < 4.78 is 17.2. The maximum Gasteiger partial charge on any atom is 0.213 e. The zero-order valence-electron chi connectivity index (χ0n) is 19.9. The highest BCUT2D eigenvalue weighted by Crippen LogP contribution is 2.32. The predicted molar refractivity (Wildman–Crippen MR) is 145 cm³/mol. The number of hydrogen-bond acceptors (Lipinski definition) is 9. The normalized spacial score (nSPS) is 16.6. The number of nitrogens with one attached hydrogen (secondary N) is 1. The lowest BCUT2D eigenvalue weighted by atomic mass is 10.0. The molecule has 0 radical (unpaired) electrons. The molecule has 3 aromatic rings. The van der Waals surface area contributed by atoms with Crippen LogP contribution in [0, 0.1) is 0 Å². The molecule has 12 heteroatoms. The number of aromatic nitrogens is 3. The van der Waals surface area contributed by atoms with Gasteiger partial charge in [-0.05, 0) is 47.9 Å². The molecule has 5 heterocycles. The van der Waals surface area contributed by atoms with Gasteiger partial charge >= 0.3 is 0 Å². The zero-order valence-corrected chi connectivity index (χ0v) is 23.1. The number of nitrogens with zero attached hydrogens (tertiary/aromatic N) is 4. The summed E-state index contributed by atoms with van der Waals surface area (Å²) >= 11 is 3.55. The third-order valence-corrected chi connectivity index (χ3v) is 6.93. The summed E-state index contributed by atoms with van der Waals surface area (Å²) in [6, 6.07) is 5.99. The molecule has 1 saturated heterocycles. The molecular weight excluding hydrogens is 573 g/mol. The van der Waals surface area contributed by atoms with Crippen molar-refractivity contribution in [3.05, 3.63) is 46.3 Å². The molecular formula is C24H30BrCl2N5O4. The lowest BCUT2D eigenvalue weighted by Crippen LogP contribution is -2.43. The lowest BCUT2D eigenvalue weighted by molar-refractivity contribution is 0.0943. The van der Waals surface area contributed by atoms with E-state index >= 15 is 0 Å². The topological polar surface area (TPSA) is 102 Å². The Balaban J connectivity index is 0.00000180. The first kappa shape index (κ1) is 28.6. The molecule has 2 N–H and O–H groups in total. The van der Waals surface area contributed by atoms with Gasteiger partial charge < -0.3 is 29.5 Å². The molecule has 5 rings (SSSR count). The molecule has 1 fully saturated rings. The maximum absolute atomic E-state index is 11.1. The van der Waals surface area contributed by atoms with Crippen molar-refractivity contribution in [3.63, 3.8) is 0 Å². The van der Waals surface area contributed by atoms with Crippen LogP contribution in [-0.4, -0.2) is 71.0 Å². The molecule has 0 saturated carbocycles. The fraction of sp³-hybridized carbons (Fsp3) is 0.458. The van der Waals surface area contributed by atoms with Gasteiger partial charge in [0, 0.05) is 47.5 Å². The number of methoxy groups -OCH3 is 1. The van der Waals surface area contributed by atoms with Gasteiger partial charge in [0.15, 0.2) is 11.5 Å². The van der Waals surface area contributed by atoms with Crippen molar-refractivity contribution < 1.29 is 19.3 Å². The Morgan fingerprint density at radius 2 is 1.89 bits per heavy atom. The number of rotatable bonds is 7. The van der Waals surface area contributed by atoms with Crippen LogP contribution in [0.3, 0.4) is 0 Å². The Hall–Kier alpha value is -1.95. The van der Waals surface area contributed by atoms with Gasteiger partial charge in [-0.15, -0.1) is 24.8 Å². The molecule has 9 nitrogen and oxygen atoms in total. The van der Waals surface area contributed by atoms with E-state index < -0.39 is 6.10 Å². The molecule has 1 unspecified atom stereocenters. The van der Waals surface area contributed by atoms with Crippen LogP contribution < -0.4 is 19.5 Å². The number of pyridine rings is 3. The van der Waals surface area contributed by atoms with E-state index in [9.17, 15) is 5.11 Å². The molecule has 0 bridgehead atoms. The molecule has 0 spiro atoms. The van der Waals surface area contributed by atoms with Crippen molar-refractivity contribution in [3.8, 4) is 17.4 Å². The highest BCUT2D eigenvalue weighted by atomic mass is 79.9. The Bertz CT molecular complexity index is 1170. The van der Waals surface area contributed by atoms with Crippen LogP contribution in [0.4, 0.5) is 0 Å². The second kappa shape index (κ2) is 13.0. The third-order valence-electron chi connectivity index (χ3n) is 6.30. The van der Waals surface area contributed by atoms with Gasteiger partial charge in [-0.3, -0.25) is 9.97 Å². The van der Waals surface area contributed by atoms with Crippen molar-refractivity contribution in [1.29, 1.82) is 0 Å². The Morgan fingerprint density at radius 1 is 1.14 bits per heavy atom. The zero-order chi connectivity index (χ0) is 23.5. The number of β-amino-alcohol motifs (C(OH)–C–C–N with tert-alkyl or cyclic N) is 1. The largest absolute Gasteiger partial charge is 0.486 e. The minimum Gasteiger partial charge on any atom is -0.486 e. The van der Waals surface area contributed by atoms with Crippen LogP contribution in [0.1, 0.15) is 30.2 Å². The standard InChI is InChI=1S/C24H28BrN5O4.2ClH/c1-32-22-3-2-18-24(29-22)23(17(25)12-28-18)19(31)14-30-6-4-15(5-7-30)26-11-16-10-20-21(13-27-16)34-9-8-33-20;;/h2-3,10,12-13,15,19,26,31H,4-9,11,14H2,1H3;2*1H. The smallest absolute Gasteiger partial charge is 0.213 e. The van der Waals surface area contributed by atoms with E-state index in [0.717, 1.165) is 52.9 Å². The van der Waals surface area contributed by atoms with E-state index in [-0.39, 0.29) is 24.8 Å². The van der Waals surface area contributed by atoms with Gasteiger partial charge in [0.05, 0.1) is 36.1 Å². The van der Waals surface area contributed by atoms with Crippen molar-refractivity contribution in [2.24, 2.45) is 0 Å². The van der Waals surface area contributed by atoms with Crippen LogP contribution >= 0.6 is 40.7 Å². The monoisotopic (exact) mass is 601 g/mol. The number of aliphatic hydroxyl groups is 1. The summed E-state index contributed by atoms with van der Waals surface area (Å²) in [5.74, 6) is 1.98. The summed E-state index contributed by atoms with van der Waals surface area (Å²) in [4.78, 5) is 15.7. The summed E-state index contributed by atoms with van der Waals surface area (Å²) in [5, 5.41) is 14.7. The number of ether oxygens (including phenoxy) is 3. The van der Waals surface area contributed by atoms with E-state index in [1.54, 1.807) is 25.6 Å². The molecule has 0 aliphatic carbocycles. The predicted octanol–water partition coefficient (Wildman–Crippen LogP) is 3.70. The molecule has 36 heavy (non-hydrogen) atoms. The van der Waals surface area contributed by atoms with Crippen LogP contribution in [-0.2, 0) is 6.54 Å². The van der Waals surface area contributed by atoms with Crippen molar-refractivity contribution in [2.75, 3.05) is 40.0 Å². The van der Waals surface area contributed by atoms with E-state index in [1.165, 1.54) is 0 Å². The quantitative estimate of drug-likeness (QED) is 0.419. The highest BCUT2D eigenvalue weighted by Gasteiger charge is 2.24. The second-order valence-electron chi connectivity index (χ2n) is 8.53. The summed E-state index contributed by atoms with van der Waals surface area (Å²) in [6.45, 7) is 4.17. The summed E-state index contributed by atoms with van der Waals surface area (Å²) in [6.07, 6.45) is 4.77. The Kier molecular flexibility index (Phi) is 10.4. The minimum absolute atomic E-state index is 0. The van der Waals surface area contributed by atoms with Crippen molar-refractivity contribution in [1.82, 2.24) is 25.2 Å². The van der Waals surface area contributed by atoms with E-state index in [4.69, 9.17) is 14.2 Å². The van der Waals surface area contributed by atoms with Crippen LogP contribution in [0.15, 0.2) is 35.1 Å². The number of hydrogen-bond donors (Lipinski definition) is 2. The molecule has 196 valence electrons. The van der Waals surface area contributed by atoms with Crippen molar-refractivity contribution >= 4 is 51.8 Å². The minimum atomic E-state index is -0.689. The first-order valence-corrected chi connectivity index (χ1v) is 12.3. The fourth-order valence-electron chi connectivity index (χ4n) is 4.47. The van der Waals surface area contributed by atoms with Gasteiger partial charge in [0.1, 0.15) is 13.2 Å². The molecule has 1 atom stereocenters. The average Bonchev–Trinajstić information content (AvgIpc) is 2.87. The third kappa shape index (κ3) is 6.48. The summed E-state index contributed by atoms with van der Waals surface area (Å²) in [7, 11) is 1.58. The number of fused-ring (bicyclic) bond motifs is 2. The SMILES string of the molecule is COc1ccc2ncc(Br)c(C(O)CN3CCC(NCc4cc5c(cn4)OCCO5)CC3)c2n1.Cl.Cl. The van der Waals surface area contributed by atoms with E-state index in [0.29, 0.717) is 49.5 Å². The Morgan fingerprint density at radius 3 is 2.64 bits per heavy atom. The second-order valence-corrected chi connectivity index (χ2v) is 9.39. The molecule has 3 aromatic heterocycles. The van der Waals surface area contributed by atoms with Crippen molar-refractivity contribution in [2.45, 2.75) is 31.5 Å². The van der Waals surface area contributed by atoms with Gasteiger partial charge in [-0.25, -0.2) is 4.98 Å². The van der Waals surface area contributed by atoms with Gasteiger partial charge in [0.25, 0.3) is 0 Å². The van der Waals surface area contributed by atoms with E-state index in [2.05, 4.69) is 41.1 Å². The Labute approximate surface area is 230 Å². The first-order valence-electron chi connectivity index (χ1n) is 11.5. The maximum atomic E-state index is 11.1. The number of halogens is 3. The van der Waals surface area contributed by atoms with Gasteiger partial charge in [-0.1, -0.05) is 0 Å². The average molecular weight is 603 g/mol. The molecule has 2 aliphatic rings. The fourth-order valence-corrected chi connectivity index (χ4v) is 5.02. The number of aliphatic hydroxyl groups excluding tert-OH is 1. The molecule has 2 aliphatic heterocycles. The first-order chi connectivity index (χ1) is 16.6. The van der Waals surface area contributed by atoms with Crippen LogP contribution in [0.25, 0.3) is 11.0 Å². The highest BCUT2D eigenvalue weighted by molar-refractivity contribution is 9.10. The van der Waals surface area contributed by atoms with Gasteiger partial charge in [-0.2, -0.15) is 0 Å². The number of piperidine rings is 1. The van der Waals surface area contributed by atoms with Gasteiger partial charge in [0.2, 0.25) is 5.88 Å². The summed E-state index contributed by atoms with van der Waals surface area (Å²) in [5.41, 5.74) is 3.08. The van der Waals surface area contributed by atoms with E-state index in [1.807, 2.05) is 12.1 Å².